The quantitative estimate of drug-likeness (QED) is 0.667. The number of rotatable bonds is 1. The molecule has 0 saturated carbocycles. The molecule has 0 aromatic carbocycles. The summed E-state index contributed by atoms with van der Waals surface area (Å²) in [5, 5.41) is 8.66. The van der Waals surface area contributed by atoms with Gasteiger partial charge in [-0.2, -0.15) is 5.26 Å². The summed E-state index contributed by atoms with van der Waals surface area (Å²) in [4.78, 5) is 4.10. The van der Waals surface area contributed by atoms with Gasteiger partial charge in [0.15, 0.2) is 0 Å². The van der Waals surface area contributed by atoms with E-state index in [9.17, 15) is 8.78 Å². The van der Waals surface area contributed by atoms with Gasteiger partial charge >= 0.3 is 0 Å². The Bertz CT molecular complexity index is 464. The number of nitriles is 1. The Hall–Kier alpha value is -1.76. The highest BCUT2D eigenvalue weighted by Gasteiger charge is 2.28. The molecule has 0 N–H and O–H groups in total. The molecule has 1 atom stereocenters. The van der Waals surface area contributed by atoms with E-state index in [1.54, 1.807) is 12.3 Å². The minimum absolute atomic E-state index is 0.228. The van der Waals surface area contributed by atoms with Gasteiger partial charge in [-0.05, 0) is 25.3 Å². The smallest absolute Gasteiger partial charge is 0.139 e. The third kappa shape index (κ3) is 1.81. The summed E-state index contributed by atoms with van der Waals surface area (Å²) in [6, 6.07) is 1.55. The number of aliphatic imine (C=N–C) groups is 1. The van der Waals surface area contributed by atoms with Crippen molar-refractivity contribution < 1.29 is 8.78 Å². The Labute approximate surface area is 92.3 Å². The van der Waals surface area contributed by atoms with Gasteiger partial charge in [-0.3, -0.25) is 4.99 Å². The number of halogens is 2. The van der Waals surface area contributed by atoms with Gasteiger partial charge in [0.05, 0.1) is 5.92 Å². The highest BCUT2D eigenvalue weighted by molar-refractivity contribution is 5.61. The van der Waals surface area contributed by atoms with Crippen molar-refractivity contribution in [3.8, 4) is 6.07 Å². The predicted molar refractivity (Wildman–Crippen MR) is 56.9 cm³/mol. The summed E-state index contributed by atoms with van der Waals surface area (Å²) in [6.45, 7) is 0. The van der Waals surface area contributed by atoms with Crippen LogP contribution in [0.4, 0.5) is 8.78 Å². The Morgan fingerprint density at radius 1 is 1.31 bits per heavy atom. The van der Waals surface area contributed by atoms with E-state index < -0.39 is 23.1 Å². The van der Waals surface area contributed by atoms with Gasteiger partial charge in [0.25, 0.3) is 0 Å². The summed E-state index contributed by atoms with van der Waals surface area (Å²) in [7, 11) is 0. The zero-order valence-corrected chi connectivity index (χ0v) is 8.58. The molecule has 4 heteroatoms. The maximum atomic E-state index is 13.8. The SMILES string of the molecule is N#CC1=C(F)C(C2=CCCC=N2)CC=C1F. The van der Waals surface area contributed by atoms with Gasteiger partial charge in [0.2, 0.25) is 0 Å². The predicted octanol–water partition coefficient (Wildman–Crippen LogP) is 3.36. The molecule has 1 aliphatic heterocycles. The summed E-state index contributed by atoms with van der Waals surface area (Å²) in [5.41, 5.74) is 0.109. The van der Waals surface area contributed by atoms with Crippen LogP contribution >= 0.6 is 0 Å². The van der Waals surface area contributed by atoms with Crippen LogP contribution in [0.3, 0.4) is 0 Å². The maximum Gasteiger partial charge on any atom is 0.139 e. The van der Waals surface area contributed by atoms with Crippen LogP contribution in [-0.4, -0.2) is 6.21 Å². The lowest BCUT2D eigenvalue weighted by molar-refractivity contribution is 0.477. The summed E-state index contributed by atoms with van der Waals surface area (Å²) in [6.07, 6.45) is 6.70. The standard InChI is InChI=1S/C12H10F2N2/c13-10-5-4-8(12(14)9(10)7-15)11-3-1-2-6-16-11/h3,5-6,8H,1-2,4H2. The molecule has 0 aromatic rings. The van der Waals surface area contributed by atoms with Gasteiger partial charge < -0.3 is 0 Å². The van der Waals surface area contributed by atoms with Crippen LogP contribution in [0.2, 0.25) is 0 Å². The van der Waals surface area contributed by atoms with Gasteiger partial charge in [0.1, 0.15) is 23.3 Å². The van der Waals surface area contributed by atoms with Crippen molar-refractivity contribution >= 4 is 6.21 Å². The van der Waals surface area contributed by atoms with Gasteiger partial charge in [-0.25, -0.2) is 8.78 Å². The minimum atomic E-state index is -0.767. The third-order valence-corrected chi connectivity index (χ3v) is 2.67. The fourth-order valence-corrected chi connectivity index (χ4v) is 1.83. The Kier molecular flexibility index (Phi) is 2.95. The van der Waals surface area contributed by atoms with E-state index in [1.165, 1.54) is 6.08 Å². The average Bonchev–Trinajstić information content (AvgIpc) is 2.31. The molecule has 0 spiro atoms. The van der Waals surface area contributed by atoms with Gasteiger partial charge in [0, 0.05) is 11.9 Å². The fraction of sp³-hybridized carbons (Fsp3) is 0.333. The fourth-order valence-electron chi connectivity index (χ4n) is 1.83. The molecule has 1 unspecified atom stereocenters. The van der Waals surface area contributed by atoms with Crippen LogP contribution in [0.15, 0.2) is 40.1 Å². The molecule has 0 saturated heterocycles. The molecule has 2 rings (SSSR count). The third-order valence-electron chi connectivity index (χ3n) is 2.67. The lowest BCUT2D eigenvalue weighted by Crippen LogP contribution is -2.11. The zero-order chi connectivity index (χ0) is 11.5. The molecule has 0 amide bonds. The second-order valence-electron chi connectivity index (χ2n) is 3.69. The molecule has 0 radical (unpaired) electrons. The van der Waals surface area contributed by atoms with Crippen molar-refractivity contribution in [3.63, 3.8) is 0 Å². The topological polar surface area (TPSA) is 36.1 Å². The molecule has 1 aliphatic carbocycles. The summed E-state index contributed by atoms with van der Waals surface area (Å²) in [5.74, 6) is -2.06. The van der Waals surface area contributed by atoms with E-state index in [1.807, 2.05) is 6.08 Å². The number of allylic oxidation sites excluding steroid dienone is 5. The minimum Gasteiger partial charge on any atom is -0.265 e. The Morgan fingerprint density at radius 2 is 2.12 bits per heavy atom. The molecule has 2 nitrogen and oxygen atoms in total. The van der Waals surface area contributed by atoms with E-state index in [4.69, 9.17) is 5.26 Å². The first-order valence-corrected chi connectivity index (χ1v) is 5.12. The Morgan fingerprint density at radius 3 is 2.75 bits per heavy atom. The van der Waals surface area contributed by atoms with Crippen LogP contribution in [0, 0.1) is 17.2 Å². The number of hydrogen-bond acceptors (Lipinski definition) is 2. The van der Waals surface area contributed by atoms with Crippen molar-refractivity contribution in [2.75, 3.05) is 0 Å². The largest absolute Gasteiger partial charge is 0.265 e. The van der Waals surface area contributed by atoms with Crippen molar-refractivity contribution in [1.82, 2.24) is 0 Å². The molecule has 2 aliphatic rings. The van der Waals surface area contributed by atoms with Crippen LogP contribution in [0.25, 0.3) is 0 Å². The molecular weight excluding hydrogens is 210 g/mol. The maximum absolute atomic E-state index is 13.8. The first-order valence-electron chi connectivity index (χ1n) is 5.12. The average molecular weight is 220 g/mol. The van der Waals surface area contributed by atoms with E-state index in [2.05, 4.69) is 4.99 Å². The van der Waals surface area contributed by atoms with E-state index >= 15 is 0 Å². The second-order valence-corrected chi connectivity index (χ2v) is 3.69. The molecule has 0 aromatic heterocycles. The Balaban J connectivity index is 2.33. The molecule has 0 fully saturated rings. The van der Waals surface area contributed by atoms with Gasteiger partial charge in [-0.1, -0.05) is 6.08 Å². The first kappa shape index (κ1) is 10.7. The summed E-state index contributed by atoms with van der Waals surface area (Å²) >= 11 is 0. The lowest BCUT2D eigenvalue weighted by atomic mass is 9.90. The monoisotopic (exact) mass is 220 g/mol. The van der Waals surface area contributed by atoms with Crippen molar-refractivity contribution in [1.29, 1.82) is 5.26 Å². The van der Waals surface area contributed by atoms with E-state index in [0.29, 0.717) is 5.70 Å². The van der Waals surface area contributed by atoms with Gasteiger partial charge in [-0.15, -0.1) is 0 Å². The van der Waals surface area contributed by atoms with Crippen molar-refractivity contribution in [2.45, 2.75) is 19.3 Å². The number of hydrogen-bond donors (Lipinski definition) is 0. The molecule has 0 bridgehead atoms. The van der Waals surface area contributed by atoms with Crippen molar-refractivity contribution in [3.05, 3.63) is 35.1 Å². The summed E-state index contributed by atoms with van der Waals surface area (Å²) < 4.78 is 26.9. The van der Waals surface area contributed by atoms with Crippen LogP contribution < -0.4 is 0 Å². The lowest BCUT2D eigenvalue weighted by Gasteiger charge is -2.20. The van der Waals surface area contributed by atoms with Crippen LogP contribution in [0.1, 0.15) is 19.3 Å². The van der Waals surface area contributed by atoms with Crippen molar-refractivity contribution in [2.24, 2.45) is 10.9 Å². The van der Waals surface area contributed by atoms with E-state index in [0.717, 1.165) is 12.8 Å². The first-order chi connectivity index (χ1) is 7.74. The van der Waals surface area contributed by atoms with Crippen LogP contribution in [-0.2, 0) is 0 Å². The normalized spacial score (nSPS) is 24.9. The molecule has 1 heterocycles. The highest BCUT2D eigenvalue weighted by Crippen LogP contribution is 2.36. The second kappa shape index (κ2) is 4.40. The zero-order valence-electron chi connectivity index (χ0n) is 8.58. The highest BCUT2D eigenvalue weighted by atomic mass is 19.1. The molecule has 16 heavy (non-hydrogen) atoms. The molecular formula is C12H10F2N2. The number of nitrogens with zero attached hydrogens (tertiary/aromatic N) is 2. The van der Waals surface area contributed by atoms with Crippen LogP contribution in [0.5, 0.6) is 0 Å². The molecule has 82 valence electrons. The van der Waals surface area contributed by atoms with E-state index in [-0.39, 0.29) is 6.42 Å².